The third-order valence-electron chi connectivity index (χ3n) is 3.30. The molecule has 2 aromatic rings. The van der Waals surface area contributed by atoms with Crippen molar-refractivity contribution >= 4 is 23.5 Å². The molecule has 1 aliphatic heterocycles. The van der Waals surface area contributed by atoms with Crippen LogP contribution in [0.4, 0.5) is 0 Å². The lowest BCUT2D eigenvalue weighted by molar-refractivity contribution is 0.340. The Hall–Kier alpha value is -2.60. The van der Waals surface area contributed by atoms with Crippen molar-refractivity contribution in [1.29, 1.82) is 0 Å². The number of hydrazone groups is 1. The maximum Gasteiger partial charge on any atom is 0.238 e. The van der Waals surface area contributed by atoms with Crippen molar-refractivity contribution in [3.63, 3.8) is 0 Å². The Bertz CT molecular complexity index is 728. The third kappa shape index (κ3) is 3.60. The van der Waals surface area contributed by atoms with Crippen molar-refractivity contribution in [2.75, 3.05) is 6.61 Å². The largest absolute Gasteiger partial charge is 0.494 e. The van der Waals surface area contributed by atoms with Gasteiger partial charge in [0.05, 0.1) is 12.8 Å². The van der Waals surface area contributed by atoms with E-state index in [4.69, 9.17) is 17.0 Å². The van der Waals surface area contributed by atoms with Gasteiger partial charge in [0.1, 0.15) is 5.75 Å². The molecule has 3 rings (SSSR count). The van der Waals surface area contributed by atoms with Crippen LogP contribution in [0, 0.1) is 0 Å². The molecule has 0 N–H and O–H groups in total. The summed E-state index contributed by atoms with van der Waals surface area (Å²) in [6.07, 6.45) is 1.44. The Morgan fingerprint density at radius 1 is 1.17 bits per heavy atom. The summed E-state index contributed by atoms with van der Waals surface area (Å²) in [4.78, 5) is 0. The third-order valence-corrected chi connectivity index (χ3v) is 3.57. The summed E-state index contributed by atoms with van der Waals surface area (Å²) < 4.78 is 5.43. The zero-order valence-electron chi connectivity index (χ0n) is 12.7. The molecule has 0 spiro atoms. The Morgan fingerprint density at radius 2 is 1.91 bits per heavy atom. The Labute approximate surface area is 140 Å². The van der Waals surface area contributed by atoms with Gasteiger partial charge < -0.3 is 4.74 Å². The van der Waals surface area contributed by atoms with Gasteiger partial charge in [0.25, 0.3) is 0 Å². The van der Waals surface area contributed by atoms with E-state index in [-0.39, 0.29) is 6.17 Å². The summed E-state index contributed by atoms with van der Waals surface area (Å²) in [5.74, 6) is 0.841. The Morgan fingerprint density at radius 3 is 2.61 bits per heavy atom. The van der Waals surface area contributed by atoms with Crippen LogP contribution in [-0.4, -0.2) is 22.9 Å². The number of thiocarbonyl (C=S) groups is 1. The second kappa shape index (κ2) is 7.11. The predicted molar refractivity (Wildman–Crippen MR) is 93.7 cm³/mol. The number of nitrogens with zero attached hydrogens (tertiary/aromatic N) is 4. The number of hydrogen-bond acceptors (Lipinski definition) is 4. The van der Waals surface area contributed by atoms with Crippen LogP contribution in [0.25, 0.3) is 0 Å². The van der Waals surface area contributed by atoms with E-state index >= 15 is 0 Å². The second-order valence-electron chi connectivity index (χ2n) is 4.87. The lowest BCUT2D eigenvalue weighted by Crippen LogP contribution is -2.21. The average molecular weight is 324 g/mol. The second-order valence-corrected chi connectivity index (χ2v) is 5.24. The normalized spacial score (nSPS) is 17.2. The highest BCUT2D eigenvalue weighted by molar-refractivity contribution is 7.80. The van der Waals surface area contributed by atoms with Gasteiger partial charge >= 0.3 is 0 Å². The smallest absolute Gasteiger partial charge is 0.238 e. The molecule has 0 aromatic heterocycles. The van der Waals surface area contributed by atoms with Gasteiger partial charge in [0.15, 0.2) is 6.17 Å². The molecule has 0 fully saturated rings. The van der Waals surface area contributed by atoms with E-state index in [2.05, 4.69) is 15.3 Å². The maximum atomic E-state index is 5.43. The first-order valence-electron chi connectivity index (χ1n) is 7.34. The molecule has 116 valence electrons. The summed E-state index contributed by atoms with van der Waals surface area (Å²) >= 11 is 5.22. The van der Waals surface area contributed by atoms with E-state index in [0.717, 1.165) is 16.9 Å². The van der Waals surface area contributed by atoms with E-state index in [9.17, 15) is 0 Å². The van der Waals surface area contributed by atoms with E-state index in [1.165, 1.54) is 0 Å². The van der Waals surface area contributed by atoms with Gasteiger partial charge in [-0.3, -0.25) is 0 Å². The zero-order valence-corrected chi connectivity index (χ0v) is 13.5. The summed E-state index contributed by atoms with van der Waals surface area (Å²) in [6, 6.07) is 17.6. The Kier molecular flexibility index (Phi) is 4.73. The van der Waals surface area contributed by atoms with Gasteiger partial charge in [-0.15, -0.1) is 5.11 Å². The number of rotatable bonds is 5. The quantitative estimate of drug-likeness (QED) is 0.612. The summed E-state index contributed by atoms with van der Waals surface area (Å²) in [6.45, 7) is 2.61. The van der Waals surface area contributed by atoms with E-state index in [1.54, 1.807) is 11.2 Å². The fourth-order valence-corrected chi connectivity index (χ4v) is 2.39. The lowest BCUT2D eigenvalue weighted by atomic mass is 10.2. The first-order chi connectivity index (χ1) is 11.3. The van der Waals surface area contributed by atoms with Crippen LogP contribution < -0.4 is 4.74 Å². The molecule has 1 unspecified atom stereocenters. The van der Waals surface area contributed by atoms with E-state index in [1.807, 2.05) is 61.5 Å². The van der Waals surface area contributed by atoms with Crippen molar-refractivity contribution in [2.45, 2.75) is 13.1 Å². The molecule has 0 radical (unpaired) electrons. The maximum absolute atomic E-state index is 5.43. The summed E-state index contributed by atoms with van der Waals surface area (Å²) in [5.41, 5.74) is 1.95. The molecule has 0 aliphatic carbocycles. The van der Waals surface area contributed by atoms with Crippen LogP contribution >= 0.6 is 12.2 Å². The molecule has 5 nitrogen and oxygen atoms in total. The molecule has 0 bridgehead atoms. The molecule has 23 heavy (non-hydrogen) atoms. The number of hydrogen-bond donors (Lipinski definition) is 0. The van der Waals surface area contributed by atoms with Gasteiger partial charge in [0, 0.05) is 5.56 Å². The fourth-order valence-electron chi connectivity index (χ4n) is 2.19. The SMILES string of the molecule is CCOc1ccc(C=NN2C(=S)N=NC2c2ccccc2)cc1. The highest BCUT2D eigenvalue weighted by Crippen LogP contribution is 2.28. The monoisotopic (exact) mass is 324 g/mol. The molecular weight excluding hydrogens is 308 g/mol. The minimum absolute atomic E-state index is 0.303. The zero-order chi connectivity index (χ0) is 16.1. The predicted octanol–water partition coefficient (Wildman–Crippen LogP) is 4.17. The average Bonchev–Trinajstić information content (AvgIpc) is 2.96. The van der Waals surface area contributed by atoms with Crippen molar-refractivity contribution in [2.24, 2.45) is 15.3 Å². The summed E-state index contributed by atoms with van der Waals surface area (Å²) in [5, 5.41) is 14.6. The molecule has 0 amide bonds. The van der Waals surface area contributed by atoms with Crippen LogP contribution in [0.5, 0.6) is 5.75 Å². The first kappa shape index (κ1) is 15.3. The minimum Gasteiger partial charge on any atom is -0.494 e. The lowest BCUT2D eigenvalue weighted by Gasteiger charge is -2.17. The highest BCUT2D eigenvalue weighted by atomic mass is 32.1. The first-order valence-corrected chi connectivity index (χ1v) is 7.74. The molecule has 1 aliphatic rings. The number of ether oxygens (including phenoxy) is 1. The molecule has 2 aromatic carbocycles. The van der Waals surface area contributed by atoms with Crippen LogP contribution in [0.2, 0.25) is 0 Å². The van der Waals surface area contributed by atoms with Gasteiger partial charge in [0.2, 0.25) is 5.11 Å². The molecule has 0 saturated carbocycles. The number of azo groups is 1. The summed E-state index contributed by atoms with van der Waals surface area (Å²) in [7, 11) is 0. The van der Waals surface area contributed by atoms with Crippen LogP contribution in [-0.2, 0) is 0 Å². The molecular formula is C17H16N4OS. The molecule has 0 saturated heterocycles. The molecule has 6 heteroatoms. The van der Waals surface area contributed by atoms with Crippen molar-refractivity contribution < 1.29 is 4.74 Å². The van der Waals surface area contributed by atoms with Gasteiger partial charge in [-0.2, -0.15) is 10.2 Å². The fraction of sp³-hybridized carbons (Fsp3) is 0.176. The standard InChI is InChI=1S/C17H16N4OS/c1-2-22-15-10-8-13(9-11-15)12-18-21-16(19-20-17(21)23)14-6-4-3-5-7-14/h3-12,16H,2H2,1H3. The molecule has 1 atom stereocenters. The topological polar surface area (TPSA) is 49.5 Å². The van der Waals surface area contributed by atoms with Crippen molar-refractivity contribution in [3.05, 3.63) is 65.7 Å². The molecule has 1 heterocycles. The van der Waals surface area contributed by atoms with Crippen LogP contribution in [0.3, 0.4) is 0 Å². The van der Waals surface area contributed by atoms with Gasteiger partial charge in [-0.05, 0) is 49.0 Å². The minimum atomic E-state index is -0.303. The van der Waals surface area contributed by atoms with Gasteiger partial charge in [-0.1, -0.05) is 30.3 Å². The van der Waals surface area contributed by atoms with Gasteiger partial charge in [-0.25, -0.2) is 5.01 Å². The van der Waals surface area contributed by atoms with E-state index in [0.29, 0.717) is 11.7 Å². The number of benzene rings is 2. The van der Waals surface area contributed by atoms with Crippen LogP contribution in [0.1, 0.15) is 24.2 Å². The van der Waals surface area contributed by atoms with Crippen LogP contribution in [0.15, 0.2) is 69.9 Å². The van der Waals surface area contributed by atoms with Crippen molar-refractivity contribution in [1.82, 2.24) is 5.01 Å². The van der Waals surface area contributed by atoms with E-state index < -0.39 is 0 Å². The van der Waals surface area contributed by atoms with Crippen molar-refractivity contribution in [3.8, 4) is 5.75 Å². The Balaban J connectivity index is 1.76. The highest BCUT2D eigenvalue weighted by Gasteiger charge is 2.27.